The minimum atomic E-state index is -3.97. The number of anilines is 1. The fourth-order valence-electron chi connectivity index (χ4n) is 1.53. The highest BCUT2D eigenvalue weighted by atomic mass is 79.9. The van der Waals surface area contributed by atoms with Crippen molar-refractivity contribution in [3.8, 4) is 0 Å². The van der Waals surface area contributed by atoms with E-state index in [9.17, 15) is 8.42 Å². The third-order valence-electron chi connectivity index (χ3n) is 2.58. The van der Waals surface area contributed by atoms with Crippen LogP contribution in [-0.2, 0) is 10.0 Å². The maximum atomic E-state index is 12.4. The Morgan fingerprint density at radius 1 is 1.24 bits per heavy atom. The summed E-state index contributed by atoms with van der Waals surface area (Å²) in [5.74, 6) is 0. The molecule has 0 saturated carbocycles. The number of pyridine rings is 1. The van der Waals surface area contributed by atoms with Crippen molar-refractivity contribution in [1.82, 2.24) is 4.98 Å². The van der Waals surface area contributed by atoms with Crippen LogP contribution < -0.4 is 4.72 Å². The maximum Gasteiger partial charge on any atom is 0.265 e. The van der Waals surface area contributed by atoms with Crippen LogP contribution >= 0.6 is 50.7 Å². The van der Waals surface area contributed by atoms with Crippen molar-refractivity contribution in [1.29, 1.82) is 0 Å². The quantitative estimate of drug-likeness (QED) is 0.704. The summed E-state index contributed by atoms with van der Waals surface area (Å²) < 4.78 is 27.7. The molecule has 1 heterocycles. The van der Waals surface area contributed by atoms with Gasteiger partial charge in [0.05, 0.1) is 15.7 Å². The van der Waals surface area contributed by atoms with Crippen LogP contribution in [0.15, 0.2) is 33.8 Å². The second-order valence-corrected chi connectivity index (χ2v) is 7.81. The zero-order valence-electron chi connectivity index (χ0n) is 10.5. The first-order valence-electron chi connectivity index (χ1n) is 5.51. The van der Waals surface area contributed by atoms with Crippen molar-refractivity contribution in [3.63, 3.8) is 0 Å². The first-order valence-corrected chi connectivity index (χ1v) is 8.92. The summed E-state index contributed by atoms with van der Waals surface area (Å²) in [4.78, 5) is 3.61. The number of sulfonamides is 1. The van der Waals surface area contributed by atoms with Crippen molar-refractivity contribution in [2.75, 3.05) is 4.72 Å². The Kier molecular flexibility index (Phi) is 5.05. The Bertz CT molecular complexity index is 812. The molecule has 2 aromatic rings. The summed E-state index contributed by atoms with van der Waals surface area (Å²) in [6.07, 6.45) is 1.40. The van der Waals surface area contributed by atoms with Crippen LogP contribution in [0.2, 0.25) is 15.2 Å². The molecular formula is C12H8BrCl3N2O2S. The van der Waals surface area contributed by atoms with E-state index in [2.05, 4.69) is 25.6 Å². The lowest BCUT2D eigenvalue weighted by molar-refractivity contribution is 0.601. The molecule has 112 valence electrons. The summed E-state index contributed by atoms with van der Waals surface area (Å²) in [5.41, 5.74) is 0.798. The fourth-order valence-corrected chi connectivity index (χ4v) is 4.15. The second kappa shape index (κ2) is 6.30. The van der Waals surface area contributed by atoms with Crippen LogP contribution in [0.25, 0.3) is 0 Å². The molecule has 0 saturated heterocycles. The summed E-state index contributed by atoms with van der Waals surface area (Å²) in [6, 6.07) is 4.59. The number of hydrogen-bond donors (Lipinski definition) is 1. The van der Waals surface area contributed by atoms with Gasteiger partial charge >= 0.3 is 0 Å². The van der Waals surface area contributed by atoms with Gasteiger partial charge in [-0.3, -0.25) is 4.72 Å². The minimum absolute atomic E-state index is 0.106. The molecule has 1 N–H and O–H groups in total. The number of nitrogens with one attached hydrogen (secondary N) is 1. The molecule has 0 radical (unpaired) electrons. The van der Waals surface area contributed by atoms with Crippen molar-refractivity contribution < 1.29 is 8.42 Å². The Balaban J connectivity index is 2.53. The van der Waals surface area contributed by atoms with Gasteiger partial charge < -0.3 is 0 Å². The molecule has 0 amide bonds. The Morgan fingerprint density at radius 3 is 2.57 bits per heavy atom. The van der Waals surface area contributed by atoms with Crippen LogP contribution in [0.5, 0.6) is 0 Å². The lowest BCUT2D eigenvalue weighted by Crippen LogP contribution is -2.15. The molecule has 0 aliphatic heterocycles. The highest BCUT2D eigenvalue weighted by Gasteiger charge is 2.22. The average Bonchev–Trinajstić information content (AvgIpc) is 2.42. The van der Waals surface area contributed by atoms with E-state index in [-0.39, 0.29) is 25.8 Å². The van der Waals surface area contributed by atoms with Crippen molar-refractivity contribution in [3.05, 3.63) is 49.6 Å². The van der Waals surface area contributed by atoms with E-state index in [0.717, 1.165) is 0 Å². The van der Waals surface area contributed by atoms with E-state index in [1.165, 1.54) is 12.3 Å². The molecule has 0 aliphatic rings. The van der Waals surface area contributed by atoms with Gasteiger partial charge in [-0.15, -0.1) is 0 Å². The van der Waals surface area contributed by atoms with Gasteiger partial charge in [-0.1, -0.05) is 40.9 Å². The number of benzene rings is 1. The molecule has 1 aromatic carbocycles. The molecule has 0 spiro atoms. The van der Waals surface area contributed by atoms with Gasteiger partial charge in [-0.2, -0.15) is 0 Å². The molecule has 2 rings (SSSR count). The lowest BCUT2D eigenvalue weighted by atomic mass is 10.2. The normalized spacial score (nSPS) is 11.5. The predicted octanol–water partition coefficient (Wildman–Crippen LogP) is 4.91. The number of nitrogens with zero attached hydrogens (tertiary/aromatic N) is 1. The van der Waals surface area contributed by atoms with Crippen LogP contribution in [-0.4, -0.2) is 13.4 Å². The van der Waals surface area contributed by atoms with Crippen molar-refractivity contribution in [2.24, 2.45) is 0 Å². The molecule has 0 bridgehead atoms. The molecule has 4 nitrogen and oxygen atoms in total. The number of halogens is 4. The maximum absolute atomic E-state index is 12.4. The predicted molar refractivity (Wildman–Crippen MR) is 89.0 cm³/mol. The Hall–Kier alpha value is -0.530. The molecule has 9 heteroatoms. The van der Waals surface area contributed by atoms with Crippen molar-refractivity contribution in [2.45, 2.75) is 11.8 Å². The molecule has 0 aliphatic carbocycles. The number of rotatable bonds is 3. The van der Waals surface area contributed by atoms with E-state index >= 15 is 0 Å². The first kappa shape index (κ1) is 16.8. The molecule has 21 heavy (non-hydrogen) atoms. The number of hydrogen-bond acceptors (Lipinski definition) is 3. The average molecular weight is 431 g/mol. The minimum Gasteiger partial charge on any atom is -0.276 e. The highest BCUT2D eigenvalue weighted by Crippen LogP contribution is 2.35. The van der Waals surface area contributed by atoms with Crippen LogP contribution in [0.3, 0.4) is 0 Å². The molecule has 1 aromatic heterocycles. The summed E-state index contributed by atoms with van der Waals surface area (Å²) in [5, 5.41) is 0.268. The first-order chi connectivity index (χ1) is 9.72. The monoisotopic (exact) mass is 428 g/mol. The molecule has 0 unspecified atom stereocenters. The third kappa shape index (κ3) is 3.63. The van der Waals surface area contributed by atoms with Crippen LogP contribution in [0, 0.1) is 6.92 Å². The SMILES string of the molecule is Cc1ccc(Cl)c(NS(=O)(=O)c2cc(Br)cnc2Cl)c1Cl. The van der Waals surface area contributed by atoms with Gasteiger partial charge in [0.2, 0.25) is 0 Å². The Morgan fingerprint density at radius 2 is 1.90 bits per heavy atom. The van der Waals surface area contributed by atoms with E-state index in [4.69, 9.17) is 34.8 Å². The topological polar surface area (TPSA) is 59.1 Å². The third-order valence-corrected chi connectivity index (χ3v) is 5.60. The van der Waals surface area contributed by atoms with E-state index in [1.807, 2.05) is 0 Å². The zero-order chi connectivity index (χ0) is 15.8. The fraction of sp³-hybridized carbons (Fsp3) is 0.0833. The summed E-state index contributed by atoms with van der Waals surface area (Å²) in [6.45, 7) is 1.74. The number of aromatic nitrogens is 1. The van der Waals surface area contributed by atoms with E-state index < -0.39 is 10.0 Å². The van der Waals surface area contributed by atoms with Gasteiger partial charge in [0, 0.05) is 10.7 Å². The lowest BCUT2D eigenvalue weighted by Gasteiger charge is -2.13. The summed E-state index contributed by atoms with van der Waals surface area (Å²) >= 11 is 21.1. The number of aryl methyl sites for hydroxylation is 1. The van der Waals surface area contributed by atoms with Gasteiger partial charge in [0.25, 0.3) is 10.0 Å². The zero-order valence-corrected chi connectivity index (χ0v) is 15.2. The molecule has 0 atom stereocenters. The Labute approximate surface area is 145 Å². The van der Waals surface area contributed by atoms with Gasteiger partial charge in [-0.05, 0) is 40.5 Å². The van der Waals surface area contributed by atoms with Gasteiger partial charge in [0.1, 0.15) is 10.0 Å². The van der Waals surface area contributed by atoms with Gasteiger partial charge in [0.15, 0.2) is 0 Å². The molecular weight excluding hydrogens is 422 g/mol. The standard InChI is InChI=1S/C12H8BrCl3N2O2S/c1-6-2-3-8(14)11(10(6)15)18-21(19,20)9-4-7(13)5-17-12(9)16/h2-5,18H,1H3. The van der Waals surface area contributed by atoms with E-state index in [1.54, 1.807) is 19.1 Å². The van der Waals surface area contributed by atoms with Gasteiger partial charge in [-0.25, -0.2) is 13.4 Å². The highest BCUT2D eigenvalue weighted by molar-refractivity contribution is 9.10. The largest absolute Gasteiger partial charge is 0.276 e. The smallest absolute Gasteiger partial charge is 0.265 e. The second-order valence-electron chi connectivity index (χ2n) is 4.10. The van der Waals surface area contributed by atoms with Crippen molar-refractivity contribution >= 4 is 66.4 Å². The molecule has 0 fully saturated rings. The van der Waals surface area contributed by atoms with E-state index in [0.29, 0.717) is 10.0 Å². The van der Waals surface area contributed by atoms with Crippen LogP contribution in [0.1, 0.15) is 5.56 Å². The summed E-state index contributed by atoms with van der Waals surface area (Å²) in [7, 11) is -3.97. The van der Waals surface area contributed by atoms with Crippen LogP contribution in [0.4, 0.5) is 5.69 Å².